The summed E-state index contributed by atoms with van der Waals surface area (Å²) < 4.78 is 19.1. The van der Waals surface area contributed by atoms with E-state index in [1.165, 1.54) is 12.1 Å². The molecule has 0 aliphatic carbocycles. The van der Waals surface area contributed by atoms with E-state index >= 15 is 0 Å². The molecule has 2 N–H and O–H groups in total. The van der Waals surface area contributed by atoms with Crippen molar-refractivity contribution in [2.75, 3.05) is 25.2 Å². The number of amides is 2. The van der Waals surface area contributed by atoms with E-state index < -0.39 is 0 Å². The van der Waals surface area contributed by atoms with Gasteiger partial charge in [0, 0.05) is 33.7 Å². The van der Waals surface area contributed by atoms with Crippen LogP contribution < -0.4 is 10.1 Å². The summed E-state index contributed by atoms with van der Waals surface area (Å²) in [5, 5.41) is 4.13. The molecule has 1 atom stereocenters. The van der Waals surface area contributed by atoms with Crippen molar-refractivity contribution in [2.24, 2.45) is 0 Å². The predicted octanol–water partition coefficient (Wildman–Crippen LogP) is 6.22. The van der Waals surface area contributed by atoms with E-state index in [0.29, 0.717) is 13.0 Å². The van der Waals surface area contributed by atoms with Crippen molar-refractivity contribution in [3.63, 3.8) is 0 Å². The zero-order chi connectivity index (χ0) is 22.9. The standard InChI is InChI=1S/C26H24FN3O2S/c1-32-19-10-11-23-22(15-19)21-12-13-30(26(31)28-18-4-3-5-20(14-18)33-2)25(24(21)29-23)16-6-8-17(27)9-7-16/h3-11,14-15,25,29H,12-13H2,1-2H3,(H,28,31)/t25-/m1/s1. The zero-order valence-electron chi connectivity index (χ0n) is 18.4. The fourth-order valence-electron chi connectivity index (χ4n) is 4.50. The maximum atomic E-state index is 13.7. The Kier molecular flexibility index (Phi) is 5.72. The highest BCUT2D eigenvalue weighted by Gasteiger charge is 2.34. The van der Waals surface area contributed by atoms with Crippen molar-refractivity contribution in [3.05, 3.63) is 89.4 Å². The number of aromatic nitrogens is 1. The van der Waals surface area contributed by atoms with Crippen LogP contribution in [0.25, 0.3) is 10.9 Å². The quantitative estimate of drug-likeness (QED) is 0.355. The third-order valence-corrected chi connectivity index (χ3v) is 6.83. The summed E-state index contributed by atoms with van der Waals surface area (Å²) in [7, 11) is 1.65. The van der Waals surface area contributed by atoms with Gasteiger partial charge in [0.25, 0.3) is 0 Å². The Balaban J connectivity index is 1.56. The molecular formula is C26H24FN3O2S. The molecule has 4 aromatic rings. The van der Waals surface area contributed by atoms with Crippen molar-refractivity contribution < 1.29 is 13.9 Å². The van der Waals surface area contributed by atoms with E-state index in [4.69, 9.17) is 4.74 Å². The minimum Gasteiger partial charge on any atom is -0.497 e. The maximum absolute atomic E-state index is 13.7. The number of hydrogen-bond donors (Lipinski definition) is 2. The molecule has 0 bridgehead atoms. The molecule has 0 saturated heterocycles. The summed E-state index contributed by atoms with van der Waals surface area (Å²) in [5.74, 6) is 0.484. The van der Waals surface area contributed by atoms with Crippen molar-refractivity contribution in [1.29, 1.82) is 0 Å². The van der Waals surface area contributed by atoms with Crippen molar-refractivity contribution in [3.8, 4) is 5.75 Å². The maximum Gasteiger partial charge on any atom is 0.322 e. The fourth-order valence-corrected chi connectivity index (χ4v) is 4.96. The SMILES string of the molecule is COc1ccc2[nH]c3c(c2c1)CCN(C(=O)Nc1cccc(SC)c1)[C@@H]3c1ccc(F)cc1. The Morgan fingerprint density at radius 1 is 1.15 bits per heavy atom. The average molecular weight is 462 g/mol. The number of rotatable bonds is 4. The minimum absolute atomic E-state index is 0.190. The number of H-pyrrole nitrogens is 1. The Morgan fingerprint density at radius 3 is 2.73 bits per heavy atom. The third-order valence-electron chi connectivity index (χ3n) is 6.10. The highest BCUT2D eigenvalue weighted by atomic mass is 32.2. The first-order valence-electron chi connectivity index (χ1n) is 10.7. The molecule has 5 rings (SSSR count). The number of hydrogen-bond acceptors (Lipinski definition) is 3. The molecule has 0 unspecified atom stereocenters. The van der Waals surface area contributed by atoms with E-state index in [1.807, 2.05) is 53.6 Å². The van der Waals surface area contributed by atoms with E-state index in [9.17, 15) is 9.18 Å². The second-order valence-electron chi connectivity index (χ2n) is 7.99. The lowest BCUT2D eigenvalue weighted by Crippen LogP contribution is -2.43. The number of methoxy groups -OCH3 is 1. The Morgan fingerprint density at radius 2 is 1.97 bits per heavy atom. The number of aromatic amines is 1. The van der Waals surface area contributed by atoms with Gasteiger partial charge in [-0.15, -0.1) is 11.8 Å². The number of thioether (sulfide) groups is 1. The van der Waals surface area contributed by atoms with Crippen LogP contribution in [0.2, 0.25) is 0 Å². The molecule has 1 aliphatic rings. The molecule has 1 aromatic heterocycles. The van der Waals surface area contributed by atoms with Gasteiger partial charge in [-0.1, -0.05) is 18.2 Å². The van der Waals surface area contributed by atoms with Gasteiger partial charge in [-0.05, 0) is 72.3 Å². The number of carbonyl (C=O) groups excluding carboxylic acids is 1. The van der Waals surface area contributed by atoms with Crippen LogP contribution in [0.4, 0.5) is 14.9 Å². The molecular weight excluding hydrogens is 437 g/mol. The first kappa shape index (κ1) is 21.4. The van der Waals surface area contributed by atoms with E-state index in [-0.39, 0.29) is 17.9 Å². The van der Waals surface area contributed by atoms with Gasteiger partial charge in [-0.25, -0.2) is 9.18 Å². The van der Waals surface area contributed by atoms with E-state index in [2.05, 4.69) is 10.3 Å². The molecule has 168 valence electrons. The third kappa shape index (κ3) is 4.04. The number of benzene rings is 3. The number of anilines is 1. The highest BCUT2D eigenvalue weighted by molar-refractivity contribution is 7.98. The molecule has 0 fully saturated rings. The second-order valence-corrected chi connectivity index (χ2v) is 8.87. The van der Waals surface area contributed by atoms with Gasteiger partial charge < -0.3 is 19.9 Å². The zero-order valence-corrected chi connectivity index (χ0v) is 19.2. The molecule has 33 heavy (non-hydrogen) atoms. The number of ether oxygens (including phenoxy) is 1. The number of nitrogens with zero attached hydrogens (tertiary/aromatic N) is 1. The van der Waals surface area contributed by atoms with Crippen LogP contribution >= 0.6 is 11.8 Å². The second kappa shape index (κ2) is 8.83. The van der Waals surface area contributed by atoms with Crippen molar-refractivity contribution in [2.45, 2.75) is 17.4 Å². The molecule has 5 nitrogen and oxygen atoms in total. The van der Waals surface area contributed by atoms with Gasteiger partial charge in [0.15, 0.2) is 0 Å². The Hall–Kier alpha value is -3.45. The average Bonchev–Trinajstić information content (AvgIpc) is 3.22. The van der Waals surface area contributed by atoms with E-state index in [1.54, 1.807) is 31.0 Å². The van der Waals surface area contributed by atoms with Crippen molar-refractivity contribution >= 4 is 34.4 Å². The normalized spacial score (nSPS) is 15.4. The van der Waals surface area contributed by atoms with Crippen LogP contribution in [0.3, 0.4) is 0 Å². The van der Waals surface area contributed by atoms with Crippen LogP contribution in [0.15, 0.2) is 71.6 Å². The molecule has 0 saturated carbocycles. The molecule has 2 amide bonds. The van der Waals surface area contributed by atoms with Crippen LogP contribution in [-0.2, 0) is 6.42 Å². The summed E-state index contributed by atoms with van der Waals surface area (Å²) in [4.78, 5) is 19.9. The lowest BCUT2D eigenvalue weighted by atomic mass is 9.92. The van der Waals surface area contributed by atoms with Gasteiger partial charge in [0.1, 0.15) is 11.6 Å². The summed E-state index contributed by atoms with van der Waals surface area (Å²) >= 11 is 1.62. The highest BCUT2D eigenvalue weighted by Crippen LogP contribution is 2.39. The summed E-state index contributed by atoms with van der Waals surface area (Å²) in [5.41, 5.74) is 4.69. The lowest BCUT2D eigenvalue weighted by molar-refractivity contribution is 0.193. The number of nitrogens with one attached hydrogen (secondary N) is 2. The van der Waals surface area contributed by atoms with Gasteiger partial charge in [-0.2, -0.15) is 0 Å². The minimum atomic E-state index is -0.364. The molecule has 2 heterocycles. The monoisotopic (exact) mass is 461 g/mol. The van der Waals surface area contributed by atoms with Gasteiger partial charge in [0.05, 0.1) is 13.2 Å². The number of halogens is 1. The largest absolute Gasteiger partial charge is 0.497 e. The topological polar surface area (TPSA) is 57.4 Å². The molecule has 0 spiro atoms. The lowest BCUT2D eigenvalue weighted by Gasteiger charge is -2.36. The molecule has 7 heteroatoms. The van der Waals surface area contributed by atoms with Crippen molar-refractivity contribution in [1.82, 2.24) is 9.88 Å². The van der Waals surface area contributed by atoms with E-state index in [0.717, 1.165) is 44.1 Å². The summed E-state index contributed by atoms with van der Waals surface area (Å²) in [6.45, 7) is 0.535. The number of carbonyl (C=O) groups is 1. The van der Waals surface area contributed by atoms with Crippen LogP contribution in [0.5, 0.6) is 5.75 Å². The van der Waals surface area contributed by atoms with Gasteiger partial charge >= 0.3 is 6.03 Å². The summed E-state index contributed by atoms with van der Waals surface area (Å²) in [6, 6.07) is 19.5. The van der Waals surface area contributed by atoms with Gasteiger partial charge in [0.2, 0.25) is 0 Å². The smallest absolute Gasteiger partial charge is 0.322 e. The van der Waals surface area contributed by atoms with Crippen LogP contribution in [-0.4, -0.2) is 35.8 Å². The molecule has 1 aliphatic heterocycles. The first-order chi connectivity index (χ1) is 16.1. The van der Waals surface area contributed by atoms with Crippen LogP contribution in [0, 0.1) is 5.82 Å². The summed E-state index contributed by atoms with van der Waals surface area (Å²) in [6.07, 6.45) is 2.71. The fraction of sp³-hybridized carbons (Fsp3) is 0.192. The number of urea groups is 1. The van der Waals surface area contributed by atoms with Crippen LogP contribution in [0.1, 0.15) is 22.9 Å². The predicted molar refractivity (Wildman–Crippen MR) is 131 cm³/mol. The first-order valence-corrected chi connectivity index (χ1v) is 12.0. The Bertz CT molecular complexity index is 1320. The number of fused-ring (bicyclic) bond motifs is 3. The molecule has 0 radical (unpaired) electrons. The van der Waals surface area contributed by atoms with Gasteiger partial charge in [-0.3, -0.25) is 0 Å². The molecule has 3 aromatic carbocycles. The Labute approximate surface area is 195 Å².